The summed E-state index contributed by atoms with van der Waals surface area (Å²) in [4.78, 5) is 15.9. The maximum Gasteiger partial charge on any atom is 0.287 e. The third-order valence-corrected chi connectivity index (χ3v) is 6.39. The summed E-state index contributed by atoms with van der Waals surface area (Å²) in [5, 5.41) is 3.49. The van der Waals surface area contributed by atoms with Crippen LogP contribution >= 0.6 is 0 Å². The lowest BCUT2D eigenvalue weighted by Gasteiger charge is -2.08. The molecule has 0 bridgehead atoms. The van der Waals surface area contributed by atoms with Gasteiger partial charge in [0.1, 0.15) is 10.7 Å². The molecule has 0 atom stereocenters. The number of aryl methyl sites for hydroxylation is 1. The fourth-order valence-electron chi connectivity index (χ4n) is 3.00. The molecule has 0 saturated heterocycles. The summed E-state index contributed by atoms with van der Waals surface area (Å²) in [6.45, 7) is 1.87. The minimum absolute atomic E-state index is 0.0214. The summed E-state index contributed by atoms with van der Waals surface area (Å²) in [5.41, 5.74) is 1.85. The van der Waals surface area contributed by atoms with Crippen LogP contribution in [0.4, 0.5) is 4.39 Å². The molecule has 6 nitrogen and oxygen atoms in total. The Morgan fingerprint density at radius 2 is 1.87 bits per heavy atom. The van der Waals surface area contributed by atoms with Gasteiger partial charge in [-0.1, -0.05) is 18.2 Å². The van der Waals surface area contributed by atoms with Gasteiger partial charge < -0.3 is 9.73 Å². The van der Waals surface area contributed by atoms with Gasteiger partial charge in [-0.05, 0) is 54.4 Å². The number of benzene rings is 2. The molecule has 2 aromatic carbocycles. The Balaban J connectivity index is 1.48. The van der Waals surface area contributed by atoms with Crippen molar-refractivity contribution in [1.82, 2.24) is 10.3 Å². The summed E-state index contributed by atoms with van der Waals surface area (Å²) in [5.74, 6) is -1.03. The molecule has 2 heterocycles. The number of sulfone groups is 1. The van der Waals surface area contributed by atoms with E-state index < -0.39 is 21.6 Å². The number of hydrogen-bond donors (Lipinski definition) is 1. The van der Waals surface area contributed by atoms with Gasteiger partial charge in [0, 0.05) is 18.1 Å². The quantitative estimate of drug-likeness (QED) is 0.522. The molecule has 0 radical (unpaired) electrons. The van der Waals surface area contributed by atoms with Crippen LogP contribution in [-0.2, 0) is 16.4 Å². The number of nitrogens with zero attached hydrogens (tertiary/aromatic N) is 1. The molecule has 0 spiro atoms. The Bertz CT molecular complexity index is 1310. The van der Waals surface area contributed by atoms with Crippen molar-refractivity contribution in [3.8, 4) is 0 Å². The zero-order valence-corrected chi connectivity index (χ0v) is 16.7. The van der Waals surface area contributed by atoms with Crippen molar-refractivity contribution < 1.29 is 22.0 Å². The van der Waals surface area contributed by atoms with Crippen molar-refractivity contribution >= 4 is 26.7 Å². The molecule has 30 heavy (non-hydrogen) atoms. The first-order valence-corrected chi connectivity index (χ1v) is 10.5. The van der Waals surface area contributed by atoms with Crippen molar-refractivity contribution in [1.29, 1.82) is 0 Å². The summed E-state index contributed by atoms with van der Waals surface area (Å²) in [7, 11) is -3.98. The Morgan fingerprint density at radius 3 is 2.60 bits per heavy atom. The van der Waals surface area contributed by atoms with Crippen LogP contribution in [0.2, 0.25) is 0 Å². The van der Waals surface area contributed by atoms with Gasteiger partial charge in [0.25, 0.3) is 5.91 Å². The van der Waals surface area contributed by atoms with E-state index in [-0.39, 0.29) is 22.1 Å². The summed E-state index contributed by atoms with van der Waals surface area (Å²) < 4.78 is 45.0. The Morgan fingerprint density at radius 1 is 1.10 bits per heavy atom. The minimum Gasteiger partial charge on any atom is -0.449 e. The van der Waals surface area contributed by atoms with E-state index in [1.165, 1.54) is 30.5 Å². The van der Waals surface area contributed by atoms with Crippen molar-refractivity contribution in [2.24, 2.45) is 0 Å². The molecule has 8 heteroatoms. The van der Waals surface area contributed by atoms with E-state index in [9.17, 15) is 17.6 Å². The predicted octanol–water partition coefficient (Wildman–Crippen LogP) is 4.04. The number of carbonyl (C=O) groups is 1. The lowest BCUT2D eigenvalue weighted by Crippen LogP contribution is -2.22. The maximum absolute atomic E-state index is 14.0. The van der Waals surface area contributed by atoms with Crippen LogP contribution in [0.25, 0.3) is 11.0 Å². The number of furan rings is 1. The Kier molecular flexibility index (Phi) is 5.09. The highest BCUT2D eigenvalue weighted by Crippen LogP contribution is 2.25. The molecule has 0 fully saturated rings. The Hall–Kier alpha value is -3.52. The normalized spacial score (nSPS) is 11.5. The fraction of sp³-hybridized carbons (Fsp3) is 0.0909. The second-order valence-corrected chi connectivity index (χ2v) is 8.71. The highest BCUT2D eigenvalue weighted by molar-refractivity contribution is 7.91. The van der Waals surface area contributed by atoms with Crippen molar-refractivity contribution in [3.63, 3.8) is 0 Å². The minimum atomic E-state index is -3.98. The first kappa shape index (κ1) is 19.8. The van der Waals surface area contributed by atoms with Gasteiger partial charge in [-0.15, -0.1) is 0 Å². The molecule has 0 unspecified atom stereocenters. The molecular weight excluding hydrogens is 407 g/mol. The van der Waals surface area contributed by atoms with Gasteiger partial charge in [0.15, 0.2) is 11.3 Å². The number of fused-ring (bicyclic) bond motifs is 1. The predicted molar refractivity (Wildman–Crippen MR) is 108 cm³/mol. The van der Waals surface area contributed by atoms with Crippen LogP contribution in [0.1, 0.15) is 21.7 Å². The topological polar surface area (TPSA) is 89.3 Å². The van der Waals surface area contributed by atoms with Crippen LogP contribution in [0.5, 0.6) is 0 Å². The van der Waals surface area contributed by atoms with Crippen LogP contribution in [0, 0.1) is 12.7 Å². The molecule has 2 aromatic heterocycles. The number of pyridine rings is 1. The zero-order chi connectivity index (χ0) is 21.3. The number of carbonyl (C=O) groups excluding carboxylic acids is 1. The van der Waals surface area contributed by atoms with Crippen molar-refractivity contribution in [3.05, 3.63) is 89.7 Å². The molecule has 4 rings (SSSR count). The number of aromatic nitrogens is 1. The van der Waals surface area contributed by atoms with E-state index in [1.807, 2.05) is 0 Å². The average molecular weight is 424 g/mol. The van der Waals surface area contributed by atoms with Crippen molar-refractivity contribution in [2.45, 2.75) is 23.3 Å². The number of amides is 1. The third-order valence-electron chi connectivity index (χ3n) is 4.61. The van der Waals surface area contributed by atoms with E-state index in [0.29, 0.717) is 16.7 Å². The summed E-state index contributed by atoms with van der Waals surface area (Å²) in [6.07, 6.45) is 3.14. The second-order valence-electron chi connectivity index (χ2n) is 6.79. The Labute approximate surface area is 172 Å². The SMILES string of the molecule is Cc1ccc(F)c(S(=O)(=O)c2ccc(CNC(=O)c3cc4ccncc4o3)cc2)c1. The fourth-order valence-corrected chi connectivity index (χ4v) is 4.41. The van der Waals surface area contributed by atoms with Gasteiger partial charge in [-0.3, -0.25) is 9.78 Å². The number of hydrogen-bond acceptors (Lipinski definition) is 5. The third kappa shape index (κ3) is 3.81. The van der Waals surface area contributed by atoms with Crippen LogP contribution in [0.3, 0.4) is 0 Å². The molecule has 1 amide bonds. The van der Waals surface area contributed by atoms with Crippen LogP contribution in [-0.4, -0.2) is 19.3 Å². The van der Waals surface area contributed by atoms with Crippen LogP contribution < -0.4 is 5.32 Å². The van der Waals surface area contributed by atoms with Crippen molar-refractivity contribution in [2.75, 3.05) is 0 Å². The van der Waals surface area contributed by atoms with Gasteiger partial charge in [0.2, 0.25) is 9.84 Å². The highest BCUT2D eigenvalue weighted by atomic mass is 32.2. The van der Waals surface area contributed by atoms with E-state index in [1.54, 1.807) is 37.4 Å². The highest BCUT2D eigenvalue weighted by Gasteiger charge is 2.22. The molecule has 0 aliphatic heterocycles. The lowest BCUT2D eigenvalue weighted by atomic mass is 10.2. The number of rotatable bonds is 5. The maximum atomic E-state index is 14.0. The van der Waals surface area contributed by atoms with Gasteiger partial charge in [0.05, 0.1) is 11.1 Å². The van der Waals surface area contributed by atoms with Crippen LogP contribution in [0.15, 0.2) is 81.2 Å². The smallest absolute Gasteiger partial charge is 0.287 e. The number of nitrogens with one attached hydrogen (secondary N) is 1. The van der Waals surface area contributed by atoms with Gasteiger partial charge in [-0.2, -0.15) is 0 Å². The largest absolute Gasteiger partial charge is 0.449 e. The first-order chi connectivity index (χ1) is 14.3. The lowest BCUT2D eigenvalue weighted by molar-refractivity contribution is 0.0925. The van der Waals surface area contributed by atoms with Gasteiger partial charge >= 0.3 is 0 Å². The summed E-state index contributed by atoms with van der Waals surface area (Å²) in [6, 6.07) is 13.3. The van der Waals surface area contributed by atoms with E-state index in [4.69, 9.17) is 4.42 Å². The molecule has 0 saturated carbocycles. The van der Waals surface area contributed by atoms with E-state index in [2.05, 4.69) is 10.3 Å². The molecular formula is C22H17FN2O4S. The second kappa shape index (κ2) is 7.72. The van der Waals surface area contributed by atoms with E-state index in [0.717, 1.165) is 11.5 Å². The molecule has 4 aromatic rings. The van der Waals surface area contributed by atoms with Gasteiger partial charge in [-0.25, -0.2) is 12.8 Å². The monoisotopic (exact) mass is 424 g/mol. The standard InChI is InChI=1S/C22H17FN2O4S/c1-14-2-7-18(23)21(10-14)30(27,28)17-5-3-15(4-6-17)12-25-22(26)19-11-16-8-9-24-13-20(16)29-19/h2-11,13H,12H2,1H3,(H,25,26). The molecule has 1 N–H and O–H groups in total. The average Bonchev–Trinajstić information content (AvgIpc) is 3.18. The molecule has 0 aliphatic rings. The summed E-state index contributed by atoms with van der Waals surface area (Å²) >= 11 is 0. The molecule has 0 aliphatic carbocycles. The zero-order valence-electron chi connectivity index (χ0n) is 15.9. The first-order valence-electron chi connectivity index (χ1n) is 9.06. The number of halogens is 1. The molecule has 152 valence electrons. The van der Waals surface area contributed by atoms with E-state index >= 15 is 0 Å².